The molecule has 3 rings (SSSR count). The van der Waals surface area contributed by atoms with Crippen molar-refractivity contribution in [1.82, 2.24) is 15.3 Å². The first-order chi connectivity index (χ1) is 10.1. The third-order valence-electron chi connectivity index (χ3n) is 3.69. The van der Waals surface area contributed by atoms with Gasteiger partial charge < -0.3 is 10.3 Å². The fourth-order valence-electron chi connectivity index (χ4n) is 2.57. The molecule has 1 aliphatic rings. The minimum absolute atomic E-state index is 0.183. The minimum Gasteiger partial charge on any atom is -0.341 e. The van der Waals surface area contributed by atoms with Gasteiger partial charge in [0, 0.05) is 11.6 Å². The number of imidazole rings is 1. The summed E-state index contributed by atoms with van der Waals surface area (Å²) < 4.78 is 13.4. The standard InChI is InChI=1S/C14H15FN4O2/c15-10-5-4-9(7-13(10)19(20)21)12-8-17-14(18-12)11-3-1-2-6-16-11/h4-5,7-8,11,16H,1-3,6H2,(H,17,18). The Morgan fingerprint density at radius 1 is 1.38 bits per heavy atom. The van der Waals surface area contributed by atoms with Gasteiger partial charge in [-0.1, -0.05) is 6.42 Å². The molecule has 6 nitrogen and oxygen atoms in total. The van der Waals surface area contributed by atoms with E-state index in [1.165, 1.54) is 12.1 Å². The topological polar surface area (TPSA) is 83.8 Å². The number of nitrogens with zero attached hydrogens (tertiary/aromatic N) is 2. The smallest absolute Gasteiger partial charge is 0.305 e. The van der Waals surface area contributed by atoms with Crippen molar-refractivity contribution in [3.63, 3.8) is 0 Å². The summed E-state index contributed by atoms with van der Waals surface area (Å²) in [6.07, 6.45) is 4.95. The Bertz CT molecular complexity index is 665. The van der Waals surface area contributed by atoms with E-state index < -0.39 is 16.4 Å². The SMILES string of the molecule is O=[N+]([O-])c1cc(-c2cnc(C3CCCCN3)[nH]2)ccc1F. The predicted octanol–water partition coefficient (Wildman–Crippen LogP) is 2.94. The highest BCUT2D eigenvalue weighted by molar-refractivity contribution is 5.62. The van der Waals surface area contributed by atoms with E-state index in [0.717, 1.165) is 37.7 Å². The highest BCUT2D eigenvalue weighted by atomic mass is 19.1. The first-order valence-electron chi connectivity index (χ1n) is 6.88. The summed E-state index contributed by atoms with van der Waals surface area (Å²) in [6, 6.07) is 4.02. The zero-order valence-corrected chi connectivity index (χ0v) is 11.3. The Hall–Kier alpha value is -2.28. The molecule has 7 heteroatoms. The number of nitro groups is 1. The monoisotopic (exact) mass is 290 g/mol. The number of aromatic amines is 1. The molecule has 2 aromatic rings. The van der Waals surface area contributed by atoms with Crippen LogP contribution in [0.25, 0.3) is 11.3 Å². The van der Waals surface area contributed by atoms with Gasteiger partial charge in [-0.05, 0) is 31.5 Å². The quantitative estimate of drug-likeness (QED) is 0.672. The number of halogens is 1. The van der Waals surface area contributed by atoms with Crippen LogP contribution in [0.2, 0.25) is 0 Å². The fourth-order valence-corrected chi connectivity index (χ4v) is 2.57. The molecule has 1 fully saturated rings. The fraction of sp³-hybridized carbons (Fsp3) is 0.357. The van der Waals surface area contributed by atoms with Crippen LogP contribution in [0, 0.1) is 15.9 Å². The third kappa shape index (κ3) is 2.78. The average molecular weight is 290 g/mol. The zero-order valence-electron chi connectivity index (χ0n) is 11.3. The van der Waals surface area contributed by atoms with Gasteiger partial charge in [-0.15, -0.1) is 0 Å². The average Bonchev–Trinajstić information content (AvgIpc) is 2.98. The van der Waals surface area contributed by atoms with Gasteiger partial charge in [0.25, 0.3) is 0 Å². The predicted molar refractivity (Wildman–Crippen MR) is 75.2 cm³/mol. The zero-order chi connectivity index (χ0) is 14.8. The summed E-state index contributed by atoms with van der Waals surface area (Å²) in [7, 11) is 0. The summed E-state index contributed by atoms with van der Waals surface area (Å²) in [5.41, 5.74) is 0.678. The summed E-state index contributed by atoms with van der Waals surface area (Å²) >= 11 is 0. The van der Waals surface area contributed by atoms with E-state index in [1.807, 2.05) is 0 Å². The second kappa shape index (κ2) is 5.61. The molecule has 21 heavy (non-hydrogen) atoms. The lowest BCUT2D eigenvalue weighted by atomic mass is 10.0. The molecule has 1 aromatic heterocycles. The third-order valence-corrected chi connectivity index (χ3v) is 3.69. The van der Waals surface area contributed by atoms with Crippen molar-refractivity contribution in [1.29, 1.82) is 0 Å². The molecule has 0 aliphatic carbocycles. The normalized spacial score (nSPS) is 18.6. The number of piperidine rings is 1. The van der Waals surface area contributed by atoms with Crippen LogP contribution in [0.4, 0.5) is 10.1 Å². The van der Waals surface area contributed by atoms with E-state index >= 15 is 0 Å². The Kier molecular flexibility index (Phi) is 3.66. The molecule has 2 heterocycles. The van der Waals surface area contributed by atoms with Gasteiger partial charge in [0.1, 0.15) is 5.82 Å². The molecule has 1 saturated heterocycles. The molecule has 1 atom stereocenters. The molecule has 1 unspecified atom stereocenters. The Balaban J connectivity index is 1.89. The van der Waals surface area contributed by atoms with Crippen molar-refractivity contribution in [3.05, 3.63) is 46.2 Å². The van der Waals surface area contributed by atoms with Crippen LogP contribution < -0.4 is 5.32 Å². The first kappa shape index (κ1) is 13.7. The number of nitro benzene ring substituents is 1. The summed E-state index contributed by atoms with van der Waals surface area (Å²) in [5.74, 6) is -0.0193. The second-order valence-corrected chi connectivity index (χ2v) is 5.11. The molecule has 1 aromatic carbocycles. The lowest BCUT2D eigenvalue weighted by molar-refractivity contribution is -0.387. The molecular weight excluding hydrogens is 275 g/mol. The van der Waals surface area contributed by atoms with E-state index in [2.05, 4.69) is 15.3 Å². The van der Waals surface area contributed by atoms with Crippen molar-refractivity contribution in [2.24, 2.45) is 0 Å². The van der Waals surface area contributed by atoms with Gasteiger partial charge in [0.15, 0.2) is 0 Å². The first-order valence-corrected chi connectivity index (χ1v) is 6.88. The maximum absolute atomic E-state index is 13.4. The van der Waals surface area contributed by atoms with Crippen LogP contribution in [0.3, 0.4) is 0 Å². The van der Waals surface area contributed by atoms with Crippen molar-refractivity contribution >= 4 is 5.69 Å². The number of H-pyrrole nitrogens is 1. The number of benzene rings is 1. The van der Waals surface area contributed by atoms with Gasteiger partial charge in [0.05, 0.1) is 22.9 Å². The molecule has 0 amide bonds. The van der Waals surface area contributed by atoms with Gasteiger partial charge in [-0.3, -0.25) is 10.1 Å². The highest BCUT2D eigenvalue weighted by Gasteiger charge is 2.19. The molecule has 110 valence electrons. The second-order valence-electron chi connectivity index (χ2n) is 5.11. The van der Waals surface area contributed by atoms with E-state index in [4.69, 9.17) is 0 Å². The van der Waals surface area contributed by atoms with Gasteiger partial charge in [0.2, 0.25) is 5.82 Å². The summed E-state index contributed by atoms with van der Waals surface area (Å²) in [6.45, 7) is 0.961. The Labute approximate surface area is 120 Å². The molecule has 0 radical (unpaired) electrons. The Morgan fingerprint density at radius 2 is 2.24 bits per heavy atom. The molecular formula is C14H15FN4O2. The summed E-state index contributed by atoms with van der Waals surface area (Å²) in [4.78, 5) is 17.6. The van der Waals surface area contributed by atoms with Crippen LogP contribution in [-0.2, 0) is 0 Å². The summed E-state index contributed by atoms with van der Waals surface area (Å²) in [5, 5.41) is 14.2. The van der Waals surface area contributed by atoms with Crippen LogP contribution in [0.5, 0.6) is 0 Å². The van der Waals surface area contributed by atoms with E-state index in [1.54, 1.807) is 6.20 Å². The van der Waals surface area contributed by atoms with Gasteiger partial charge >= 0.3 is 5.69 Å². The highest BCUT2D eigenvalue weighted by Crippen LogP contribution is 2.27. The molecule has 1 aliphatic heterocycles. The maximum Gasteiger partial charge on any atom is 0.305 e. The van der Waals surface area contributed by atoms with E-state index in [0.29, 0.717) is 11.3 Å². The Morgan fingerprint density at radius 3 is 2.95 bits per heavy atom. The van der Waals surface area contributed by atoms with E-state index in [-0.39, 0.29) is 6.04 Å². The lowest BCUT2D eigenvalue weighted by Gasteiger charge is -2.21. The molecule has 2 N–H and O–H groups in total. The largest absolute Gasteiger partial charge is 0.341 e. The van der Waals surface area contributed by atoms with Crippen LogP contribution in [-0.4, -0.2) is 21.4 Å². The molecule has 0 spiro atoms. The molecule has 0 saturated carbocycles. The number of nitrogens with one attached hydrogen (secondary N) is 2. The van der Waals surface area contributed by atoms with Crippen molar-refractivity contribution in [2.45, 2.75) is 25.3 Å². The van der Waals surface area contributed by atoms with Crippen molar-refractivity contribution in [3.8, 4) is 11.3 Å². The van der Waals surface area contributed by atoms with Crippen LogP contribution in [0.1, 0.15) is 31.1 Å². The van der Waals surface area contributed by atoms with Crippen LogP contribution in [0.15, 0.2) is 24.4 Å². The molecule has 0 bridgehead atoms. The maximum atomic E-state index is 13.4. The van der Waals surface area contributed by atoms with Crippen molar-refractivity contribution < 1.29 is 9.31 Å². The number of hydrogen-bond donors (Lipinski definition) is 2. The number of hydrogen-bond acceptors (Lipinski definition) is 4. The van der Waals surface area contributed by atoms with Crippen LogP contribution >= 0.6 is 0 Å². The van der Waals surface area contributed by atoms with Gasteiger partial charge in [-0.25, -0.2) is 4.98 Å². The minimum atomic E-state index is -0.836. The van der Waals surface area contributed by atoms with E-state index in [9.17, 15) is 14.5 Å². The van der Waals surface area contributed by atoms with Crippen molar-refractivity contribution in [2.75, 3.05) is 6.54 Å². The van der Waals surface area contributed by atoms with Gasteiger partial charge in [-0.2, -0.15) is 4.39 Å². The number of rotatable bonds is 3. The lowest BCUT2D eigenvalue weighted by Crippen LogP contribution is -2.27. The number of aromatic nitrogens is 2.